The lowest BCUT2D eigenvalue weighted by Crippen LogP contribution is -2.07. The highest BCUT2D eigenvalue weighted by Crippen LogP contribution is 1.74. The third-order valence-corrected chi connectivity index (χ3v) is 0.359. The van der Waals surface area contributed by atoms with Gasteiger partial charge in [0.2, 0.25) is 0 Å². The van der Waals surface area contributed by atoms with Crippen molar-refractivity contribution in [1.29, 1.82) is 0 Å². The molecule has 0 amide bonds. The summed E-state index contributed by atoms with van der Waals surface area (Å²) in [7, 11) is 1.52. The van der Waals surface area contributed by atoms with Gasteiger partial charge < -0.3 is 9.84 Å². The predicted octanol–water partition coefficient (Wildman–Crippen LogP) is -0.172. The van der Waals surface area contributed by atoms with Crippen LogP contribution >= 0.6 is 0 Å². The van der Waals surface area contributed by atoms with E-state index in [0.29, 0.717) is 6.61 Å². The first-order valence-corrected chi connectivity index (χ1v) is 1.77. The molecule has 0 aromatic rings. The Hall–Kier alpha value is -0.0800. The minimum Gasteiger partial charge on any atom is -0.391 e. The minimum absolute atomic E-state index is 0.319. The Morgan fingerprint density at radius 2 is 2.50 bits per heavy atom. The maximum Gasteiger partial charge on any atom is 0.0774 e. The first-order chi connectivity index (χ1) is 2.77. The summed E-state index contributed by atoms with van der Waals surface area (Å²) < 4.78 is 4.49. The molecule has 2 heteroatoms. The molecule has 2 nitrogen and oxygen atoms in total. The first-order valence-electron chi connectivity index (χ1n) is 1.77. The van der Waals surface area contributed by atoms with Crippen molar-refractivity contribution in [3.63, 3.8) is 0 Å². The molecule has 0 heterocycles. The Bertz CT molecular complexity index is 26.7. The van der Waals surface area contributed by atoms with Crippen LogP contribution in [0.4, 0.5) is 0 Å². The maximum absolute atomic E-state index is 8.32. The summed E-state index contributed by atoms with van der Waals surface area (Å²) >= 11 is 0. The molecule has 0 unspecified atom stereocenters. The molecule has 0 aromatic carbocycles. The number of rotatable bonds is 2. The van der Waals surface area contributed by atoms with Crippen molar-refractivity contribution in [2.24, 2.45) is 0 Å². The third kappa shape index (κ3) is 3.92. The van der Waals surface area contributed by atoms with Gasteiger partial charge in [0, 0.05) is 7.11 Å². The average Bonchev–Trinajstić information content (AvgIpc) is 1.35. The highest BCUT2D eigenvalue weighted by atomic mass is 16.5. The second kappa shape index (κ2) is 3.12. The van der Waals surface area contributed by atoms with Crippen LogP contribution in [0.3, 0.4) is 0 Å². The Labute approximate surface area is 37.7 Å². The van der Waals surface area contributed by atoms with E-state index < -0.39 is 6.10 Å². The summed E-state index contributed by atoms with van der Waals surface area (Å²) in [6.07, 6.45) is -0.574. The van der Waals surface area contributed by atoms with E-state index in [4.69, 9.17) is 5.11 Å². The Balaban J connectivity index is 2.63. The van der Waals surface area contributed by atoms with E-state index in [1.54, 1.807) is 0 Å². The maximum atomic E-state index is 8.32. The Kier molecular flexibility index (Phi) is 3.08. The summed E-state index contributed by atoms with van der Waals surface area (Å²) in [6, 6.07) is 0. The minimum atomic E-state index is -0.574. The van der Waals surface area contributed by atoms with Crippen LogP contribution < -0.4 is 0 Å². The van der Waals surface area contributed by atoms with Gasteiger partial charge in [-0.05, 0) is 6.92 Å². The van der Waals surface area contributed by atoms with E-state index in [1.807, 2.05) is 0 Å². The van der Waals surface area contributed by atoms with Crippen molar-refractivity contribution >= 4 is 0 Å². The Morgan fingerprint density at radius 3 is 2.50 bits per heavy atom. The van der Waals surface area contributed by atoms with Crippen molar-refractivity contribution in [1.82, 2.24) is 0 Å². The van der Waals surface area contributed by atoms with E-state index >= 15 is 0 Å². The molecule has 0 saturated carbocycles. The highest BCUT2D eigenvalue weighted by Gasteiger charge is 1.87. The molecule has 0 bridgehead atoms. The fraction of sp³-hybridized carbons (Fsp3) is 0.750. The van der Waals surface area contributed by atoms with E-state index in [-0.39, 0.29) is 0 Å². The van der Waals surface area contributed by atoms with Crippen LogP contribution in [-0.4, -0.2) is 24.9 Å². The molecule has 0 saturated heterocycles. The lowest BCUT2D eigenvalue weighted by Gasteiger charge is -1.97. The molecule has 0 fully saturated rings. The van der Waals surface area contributed by atoms with Crippen LogP contribution in [0.5, 0.6) is 0 Å². The summed E-state index contributed by atoms with van der Waals surface area (Å²) in [6.45, 7) is 3.58. The number of hydrogen-bond acceptors (Lipinski definition) is 2. The van der Waals surface area contributed by atoms with Gasteiger partial charge in [0.15, 0.2) is 0 Å². The lowest BCUT2D eigenvalue weighted by molar-refractivity contribution is 0.0917. The molecule has 1 radical (unpaired) electrons. The molecular weight excluding hydrogens is 80.0 g/mol. The molecule has 37 valence electrons. The van der Waals surface area contributed by atoms with Crippen LogP contribution in [0.2, 0.25) is 0 Å². The van der Waals surface area contributed by atoms with Gasteiger partial charge in [-0.2, -0.15) is 0 Å². The summed E-state index contributed by atoms with van der Waals surface area (Å²) in [5.74, 6) is 0. The fourth-order valence-corrected chi connectivity index (χ4v) is 0.192. The molecule has 0 spiro atoms. The Morgan fingerprint density at radius 1 is 2.00 bits per heavy atom. The number of ether oxygens (including phenoxy) is 1. The zero-order valence-corrected chi connectivity index (χ0v) is 3.85. The van der Waals surface area contributed by atoms with E-state index in [0.717, 1.165) is 0 Å². The summed E-state index contributed by atoms with van der Waals surface area (Å²) in [5.41, 5.74) is 0. The standard InChI is InChI=1S/C4H9O2/c1-4(5)3-6-2/h4-5H,1,3H2,2H3/t4-/m0/s1. The second-order valence-corrected chi connectivity index (χ2v) is 1.11. The van der Waals surface area contributed by atoms with Crippen LogP contribution in [-0.2, 0) is 4.74 Å². The van der Waals surface area contributed by atoms with Crippen molar-refractivity contribution in [2.75, 3.05) is 13.7 Å². The van der Waals surface area contributed by atoms with Crippen molar-refractivity contribution in [3.8, 4) is 0 Å². The number of hydrogen-bond donors (Lipinski definition) is 1. The van der Waals surface area contributed by atoms with Gasteiger partial charge >= 0.3 is 0 Å². The lowest BCUT2D eigenvalue weighted by atomic mass is 10.5. The van der Waals surface area contributed by atoms with E-state index in [1.165, 1.54) is 7.11 Å². The monoisotopic (exact) mass is 89.1 g/mol. The van der Waals surface area contributed by atoms with Gasteiger partial charge in [-0.25, -0.2) is 0 Å². The van der Waals surface area contributed by atoms with Crippen LogP contribution in [0.15, 0.2) is 0 Å². The summed E-state index contributed by atoms with van der Waals surface area (Å²) in [5, 5.41) is 8.32. The van der Waals surface area contributed by atoms with Gasteiger partial charge in [-0.1, -0.05) is 0 Å². The van der Waals surface area contributed by atoms with Gasteiger partial charge in [-0.15, -0.1) is 0 Å². The second-order valence-electron chi connectivity index (χ2n) is 1.11. The fourth-order valence-electron chi connectivity index (χ4n) is 0.192. The zero-order chi connectivity index (χ0) is 4.99. The first kappa shape index (κ1) is 5.92. The van der Waals surface area contributed by atoms with Gasteiger partial charge in [-0.3, -0.25) is 0 Å². The molecule has 0 aliphatic heterocycles. The molecule has 1 atom stereocenters. The number of aliphatic hydroxyl groups is 1. The molecule has 0 aromatic heterocycles. The quantitative estimate of drug-likeness (QED) is 0.509. The predicted molar refractivity (Wildman–Crippen MR) is 23.2 cm³/mol. The SMILES string of the molecule is [CH2][C@H](O)COC. The topological polar surface area (TPSA) is 29.5 Å². The molecule has 0 aliphatic rings. The third-order valence-electron chi connectivity index (χ3n) is 0.359. The molecule has 1 N–H and O–H groups in total. The molecular formula is C4H9O2. The smallest absolute Gasteiger partial charge is 0.0774 e. The summed E-state index contributed by atoms with van der Waals surface area (Å²) in [4.78, 5) is 0. The van der Waals surface area contributed by atoms with Crippen molar-refractivity contribution in [3.05, 3.63) is 6.92 Å². The molecule has 6 heavy (non-hydrogen) atoms. The van der Waals surface area contributed by atoms with Crippen LogP contribution in [0.25, 0.3) is 0 Å². The van der Waals surface area contributed by atoms with Gasteiger partial charge in [0.1, 0.15) is 0 Å². The van der Waals surface area contributed by atoms with Gasteiger partial charge in [0.25, 0.3) is 0 Å². The highest BCUT2D eigenvalue weighted by molar-refractivity contribution is 4.51. The molecule has 0 rings (SSSR count). The molecule has 0 aliphatic carbocycles. The number of aliphatic hydroxyl groups excluding tert-OH is 1. The zero-order valence-electron chi connectivity index (χ0n) is 3.85. The largest absolute Gasteiger partial charge is 0.391 e. The average molecular weight is 89.1 g/mol. The number of methoxy groups -OCH3 is 1. The van der Waals surface area contributed by atoms with Crippen molar-refractivity contribution < 1.29 is 9.84 Å². The van der Waals surface area contributed by atoms with E-state index in [2.05, 4.69) is 11.7 Å². The van der Waals surface area contributed by atoms with Gasteiger partial charge in [0.05, 0.1) is 12.7 Å². The van der Waals surface area contributed by atoms with Crippen LogP contribution in [0.1, 0.15) is 0 Å². The van der Waals surface area contributed by atoms with E-state index in [9.17, 15) is 0 Å². The van der Waals surface area contributed by atoms with Crippen molar-refractivity contribution in [2.45, 2.75) is 6.10 Å². The van der Waals surface area contributed by atoms with Crippen LogP contribution in [0, 0.1) is 6.92 Å². The normalized spacial score (nSPS) is 14.5.